The van der Waals surface area contributed by atoms with Crippen LogP contribution in [-0.2, 0) is 0 Å². The summed E-state index contributed by atoms with van der Waals surface area (Å²) in [5.41, 5.74) is 2.20. The van der Waals surface area contributed by atoms with Crippen molar-refractivity contribution in [2.45, 2.75) is 33.2 Å². The van der Waals surface area contributed by atoms with E-state index >= 15 is 0 Å². The number of hydrogen-bond donors (Lipinski definition) is 2. The standard InChI is InChI=1S/C16H26N2O.2ClH/c1-4-13(3)16(18-9-7-17-8-10-18)14-6-5-12(2)11-15(14)19;;/h5-6,11,13,16-17,19H,4,7-10H2,1-3H3;2*1H/t13?,16-;;/m1../s1. The molecule has 0 aliphatic carbocycles. The molecule has 0 spiro atoms. The number of rotatable bonds is 4. The molecule has 1 aromatic rings. The van der Waals surface area contributed by atoms with Crippen molar-refractivity contribution in [3.63, 3.8) is 0 Å². The Hall–Kier alpha value is -0.480. The Bertz CT molecular complexity index is 423. The number of benzene rings is 1. The third kappa shape index (κ3) is 5.03. The molecule has 0 aromatic heterocycles. The SMILES string of the molecule is CCC(C)[C@H](c1ccc(C)cc1O)N1CCNCC1.Cl.Cl. The quantitative estimate of drug-likeness (QED) is 0.883. The van der Waals surface area contributed by atoms with Crippen molar-refractivity contribution in [3.05, 3.63) is 29.3 Å². The number of aromatic hydroxyl groups is 1. The lowest BCUT2D eigenvalue weighted by atomic mass is 9.89. The van der Waals surface area contributed by atoms with Crippen molar-refractivity contribution in [1.82, 2.24) is 10.2 Å². The molecule has 2 rings (SSSR count). The fraction of sp³-hybridized carbons (Fsp3) is 0.625. The van der Waals surface area contributed by atoms with Gasteiger partial charge in [0.15, 0.2) is 0 Å². The van der Waals surface area contributed by atoms with Crippen LogP contribution in [0.1, 0.15) is 37.4 Å². The first kappa shape index (κ1) is 20.5. The molecular weight excluding hydrogens is 307 g/mol. The van der Waals surface area contributed by atoms with Gasteiger partial charge in [-0.05, 0) is 24.5 Å². The number of hydrogen-bond acceptors (Lipinski definition) is 3. The summed E-state index contributed by atoms with van der Waals surface area (Å²) in [7, 11) is 0. The number of piperazine rings is 1. The molecule has 5 heteroatoms. The van der Waals surface area contributed by atoms with E-state index < -0.39 is 0 Å². The van der Waals surface area contributed by atoms with Gasteiger partial charge in [-0.25, -0.2) is 0 Å². The molecule has 0 radical (unpaired) electrons. The normalized spacial score (nSPS) is 18.2. The van der Waals surface area contributed by atoms with Gasteiger partial charge in [-0.3, -0.25) is 4.90 Å². The van der Waals surface area contributed by atoms with Crippen LogP contribution in [0, 0.1) is 12.8 Å². The van der Waals surface area contributed by atoms with E-state index in [1.165, 1.54) is 0 Å². The van der Waals surface area contributed by atoms with E-state index in [2.05, 4.69) is 36.2 Å². The van der Waals surface area contributed by atoms with Crippen molar-refractivity contribution >= 4 is 24.8 Å². The number of nitrogens with zero attached hydrogens (tertiary/aromatic N) is 1. The van der Waals surface area contributed by atoms with Gasteiger partial charge in [0.05, 0.1) is 0 Å². The topological polar surface area (TPSA) is 35.5 Å². The van der Waals surface area contributed by atoms with E-state index in [1.807, 2.05) is 13.0 Å². The second-order valence-electron chi connectivity index (χ2n) is 5.68. The minimum atomic E-state index is 0. The minimum Gasteiger partial charge on any atom is -0.508 e. The lowest BCUT2D eigenvalue weighted by Crippen LogP contribution is -2.46. The maximum atomic E-state index is 10.3. The van der Waals surface area contributed by atoms with E-state index in [-0.39, 0.29) is 24.8 Å². The Balaban J connectivity index is 0.00000200. The number of nitrogens with one attached hydrogen (secondary N) is 1. The summed E-state index contributed by atoms with van der Waals surface area (Å²) in [4.78, 5) is 2.51. The van der Waals surface area contributed by atoms with Gasteiger partial charge >= 0.3 is 0 Å². The highest BCUT2D eigenvalue weighted by molar-refractivity contribution is 5.85. The number of phenolic OH excluding ortho intramolecular Hbond substituents is 1. The van der Waals surface area contributed by atoms with Gasteiger partial charge in [0.25, 0.3) is 0 Å². The van der Waals surface area contributed by atoms with Gasteiger partial charge in [-0.2, -0.15) is 0 Å². The third-order valence-corrected chi connectivity index (χ3v) is 4.23. The largest absolute Gasteiger partial charge is 0.508 e. The number of aryl methyl sites for hydroxylation is 1. The molecule has 1 fully saturated rings. The Morgan fingerprint density at radius 1 is 1.24 bits per heavy atom. The van der Waals surface area contributed by atoms with Gasteiger partial charge in [0.1, 0.15) is 5.75 Å². The highest BCUT2D eigenvalue weighted by Gasteiger charge is 2.28. The Kier molecular flexibility index (Phi) is 9.30. The minimum absolute atomic E-state index is 0. The smallest absolute Gasteiger partial charge is 0.120 e. The van der Waals surface area contributed by atoms with Gasteiger partial charge < -0.3 is 10.4 Å². The van der Waals surface area contributed by atoms with Crippen LogP contribution in [0.4, 0.5) is 0 Å². The molecule has 0 amide bonds. The molecule has 1 unspecified atom stereocenters. The van der Waals surface area contributed by atoms with Gasteiger partial charge in [-0.15, -0.1) is 24.8 Å². The zero-order chi connectivity index (χ0) is 13.8. The van der Waals surface area contributed by atoms with Crippen molar-refractivity contribution in [3.8, 4) is 5.75 Å². The summed E-state index contributed by atoms with van der Waals surface area (Å²) in [6.45, 7) is 10.7. The van der Waals surface area contributed by atoms with Crippen molar-refractivity contribution in [2.24, 2.45) is 5.92 Å². The monoisotopic (exact) mass is 334 g/mol. The first-order chi connectivity index (χ1) is 9.13. The highest BCUT2D eigenvalue weighted by atomic mass is 35.5. The number of phenols is 1. The first-order valence-electron chi connectivity index (χ1n) is 7.37. The summed E-state index contributed by atoms with van der Waals surface area (Å²) in [5, 5.41) is 13.7. The number of halogens is 2. The van der Waals surface area contributed by atoms with Crippen molar-refractivity contribution in [2.75, 3.05) is 26.2 Å². The lowest BCUT2D eigenvalue weighted by molar-refractivity contribution is 0.126. The lowest BCUT2D eigenvalue weighted by Gasteiger charge is -2.38. The highest BCUT2D eigenvalue weighted by Crippen LogP contribution is 2.36. The van der Waals surface area contributed by atoms with Crippen LogP contribution in [-0.4, -0.2) is 36.2 Å². The van der Waals surface area contributed by atoms with Gasteiger partial charge in [0.2, 0.25) is 0 Å². The molecule has 2 N–H and O–H groups in total. The maximum Gasteiger partial charge on any atom is 0.120 e. The molecule has 1 saturated heterocycles. The van der Waals surface area contributed by atoms with Crippen LogP contribution in [0.15, 0.2) is 18.2 Å². The first-order valence-corrected chi connectivity index (χ1v) is 7.37. The summed E-state index contributed by atoms with van der Waals surface area (Å²) in [6, 6.07) is 6.41. The van der Waals surface area contributed by atoms with Crippen LogP contribution >= 0.6 is 24.8 Å². The van der Waals surface area contributed by atoms with Crippen LogP contribution in [0.2, 0.25) is 0 Å². The summed E-state index contributed by atoms with van der Waals surface area (Å²) >= 11 is 0. The van der Waals surface area contributed by atoms with Crippen LogP contribution < -0.4 is 5.32 Å². The maximum absolute atomic E-state index is 10.3. The molecule has 122 valence electrons. The van der Waals surface area contributed by atoms with E-state index in [0.29, 0.717) is 17.7 Å². The second kappa shape index (κ2) is 9.52. The van der Waals surface area contributed by atoms with Gasteiger partial charge in [-0.1, -0.05) is 32.4 Å². The fourth-order valence-electron chi connectivity index (χ4n) is 2.95. The van der Waals surface area contributed by atoms with E-state index in [1.54, 1.807) is 0 Å². The zero-order valence-corrected chi connectivity index (χ0v) is 14.8. The average molecular weight is 335 g/mol. The molecule has 1 aliphatic heterocycles. The molecular formula is C16H28Cl2N2O. The van der Waals surface area contributed by atoms with Crippen LogP contribution in [0.25, 0.3) is 0 Å². The van der Waals surface area contributed by atoms with Crippen LogP contribution in [0.3, 0.4) is 0 Å². The molecule has 21 heavy (non-hydrogen) atoms. The molecule has 2 atom stereocenters. The zero-order valence-electron chi connectivity index (χ0n) is 13.1. The molecule has 1 heterocycles. The summed E-state index contributed by atoms with van der Waals surface area (Å²) in [6.07, 6.45) is 1.13. The Labute approximate surface area is 140 Å². The molecule has 1 aliphatic rings. The van der Waals surface area contributed by atoms with Crippen LogP contribution in [0.5, 0.6) is 5.75 Å². The molecule has 0 bridgehead atoms. The third-order valence-electron chi connectivity index (χ3n) is 4.23. The van der Waals surface area contributed by atoms with Crippen molar-refractivity contribution in [1.29, 1.82) is 0 Å². The molecule has 1 aromatic carbocycles. The predicted molar refractivity (Wildman–Crippen MR) is 94.0 cm³/mol. The fourth-order valence-corrected chi connectivity index (χ4v) is 2.95. The van der Waals surface area contributed by atoms with E-state index in [0.717, 1.165) is 43.7 Å². The summed E-state index contributed by atoms with van der Waals surface area (Å²) < 4.78 is 0. The molecule has 0 saturated carbocycles. The Morgan fingerprint density at radius 3 is 2.38 bits per heavy atom. The summed E-state index contributed by atoms with van der Waals surface area (Å²) in [5.74, 6) is 0.996. The average Bonchev–Trinajstić information content (AvgIpc) is 2.42. The molecule has 3 nitrogen and oxygen atoms in total. The van der Waals surface area contributed by atoms with E-state index in [4.69, 9.17) is 0 Å². The van der Waals surface area contributed by atoms with Gasteiger partial charge in [0, 0.05) is 37.8 Å². The van der Waals surface area contributed by atoms with Crippen molar-refractivity contribution < 1.29 is 5.11 Å². The Morgan fingerprint density at radius 2 is 1.86 bits per heavy atom. The van der Waals surface area contributed by atoms with E-state index in [9.17, 15) is 5.11 Å². The second-order valence-corrected chi connectivity index (χ2v) is 5.68. The predicted octanol–water partition coefficient (Wildman–Crippen LogP) is 3.54.